The molecule has 2 aromatic heterocycles. The Morgan fingerprint density at radius 2 is 2.20 bits per heavy atom. The number of carbonyl (C=O) groups excluding carboxylic acids is 2. The lowest BCUT2D eigenvalue weighted by Crippen LogP contribution is -2.49. The molecular formula is C24H19N7O4. The van der Waals surface area contributed by atoms with E-state index in [-0.39, 0.29) is 23.8 Å². The highest BCUT2D eigenvalue weighted by molar-refractivity contribution is 6.09. The lowest BCUT2D eigenvalue weighted by atomic mass is 9.94. The van der Waals surface area contributed by atoms with Crippen LogP contribution in [-0.4, -0.2) is 45.5 Å². The fourth-order valence-electron chi connectivity index (χ4n) is 4.12. The summed E-state index contributed by atoms with van der Waals surface area (Å²) in [5.74, 6) is 5.89. The summed E-state index contributed by atoms with van der Waals surface area (Å²) >= 11 is 0. The third-order valence-corrected chi connectivity index (χ3v) is 5.93. The number of hydrogen-bond acceptors (Lipinski definition) is 8. The number of rotatable bonds is 3. The summed E-state index contributed by atoms with van der Waals surface area (Å²) in [6, 6.07) is 8.16. The molecule has 0 bridgehead atoms. The largest absolute Gasteiger partial charge is 0.497 e. The Bertz CT molecular complexity index is 1540. The summed E-state index contributed by atoms with van der Waals surface area (Å²) in [5, 5.41) is 26.1. The van der Waals surface area contributed by atoms with Crippen molar-refractivity contribution in [3.05, 3.63) is 41.6 Å². The third-order valence-electron chi connectivity index (χ3n) is 5.93. The number of nitrogens with two attached hydrogens (primary N) is 1. The van der Waals surface area contributed by atoms with E-state index in [4.69, 9.17) is 10.5 Å². The van der Waals surface area contributed by atoms with Gasteiger partial charge < -0.3 is 25.5 Å². The van der Waals surface area contributed by atoms with Gasteiger partial charge >= 0.3 is 6.03 Å². The normalized spacial score (nSPS) is 20.4. The van der Waals surface area contributed by atoms with Crippen molar-refractivity contribution in [3.8, 4) is 29.5 Å². The van der Waals surface area contributed by atoms with E-state index in [1.54, 1.807) is 36.7 Å². The number of urea groups is 1. The third kappa shape index (κ3) is 3.75. The summed E-state index contributed by atoms with van der Waals surface area (Å²) in [6.07, 6.45) is 3.66. The van der Waals surface area contributed by atoms with E-state index in [1.165, 1.54) is 11.7 Å². The quantitative estimate of drug-likeness (QED) is 0.332. The highest BCUT2D eigenvalue weighted by Crippen LogP contribution is 2.32. The van der Waals surface area contributed by atoms with Crippen LogP contribution in [0.2, 0.25) is 0 Å². The summed E-state index contributed by atoms with van der Waals surface area (Å²) in [7, 11) is 1.53. The lowest BCUT2D eigenvalue weighted by Gasteiger charge is -2.21. The molecule has 11 heteroatoms. The number of benzene rings is 1. The summed E-state index contributed by atoms with van der Waals surface area (Å²) < 4.78 is 6.68. The SMILES string of the molecule is COc1ccc2cn(C[C@@]3(C#CC4C=Nc5nc(N)c(C#N)cc5C4)NC(=O)NC3=O)c(O)c2c1. The number of aromatic nitrogens is 2. The Labute approximate surface area is 199 Å². The Kier molecular flexibility index (Phi) is 5.03. The molecule has 1 fully saturated rings. The number of ether oxygens (including phenoxy) is 1. The van der Waals surface area contributed by atoms with Gasteiger partial charge in [-0.3, -0.25) is 10.1 Å². The number of fused-ring (bicyclic) bond motifs is 2. The van der Waals surface area contributed by atoms with Gasteiger partial charge in [-0.25, -0.2) is 14.8 Å². The van der Waals surface area contributed by atoms with E-state index in [2.05, 4.69) is 32.5 Å². The molecule has 4 heterocycles. The molecule has 1 aromatic carbocycles. The molecule has 2 atom stereocenters. The van der Waals surface area contributed by atoms with Crippen molar-refractivity contribution >= 4 is 40.6 Å². The molecule has 5 rings (SSSR count). The predicted molar refractivity (Wildman–Crippen MR) is 126 cm³/mol. The fourth-order valence-corrected chi connectivity index (χ4v) is 4.12. The van der Waals surface area contributed by atoms with Gasteiger partial charge in [-0.05, 0) is 36.2 Å². The standard InChI is InChI=1S/C24H19N7O4/c1-35-17-3-2-14-11-31(21(32)18(14)8-17)12-24(22(33)29-23(34)30-24)5-4-13-6-15-7-16(9-25)19(26)28-20(15)27-10-13/h2-3,7-8,10-11,13,32H,6,12H2,1H3,(H2,26,28)(H2,29,30,33,34)/t13?,24-/m1/s1. The van der Waals surface area contributed by atoms with Crippen molar-refractivity contribution in [2.45, 2.75) is 18.5 Å². The second-order valence-corrected chi connectivity index (χ2v) is 8.22. The zero-order valence-electron chi connectivity index (χ0n) is 18.5. The predicted octanol–water partition coefficient (Wildman–Crippen LogP) is 1.36. The monoisotopic (exact) mass is 469 g/mol. The molecule has 1 unspecified atom stereocenters. The number of nitriles is 1. The Hall–Kier alpha value is -5.03. The van der Waals surface area contributed by atoms with Crippen LogP contribution in [0.1, 0.15) is 11.1 Å². The van der Waals surface area contributed by atoms with Crippen LogP contribution in [0.15, 0.2) is 35.5 Å². The van der Waals surface area contributed by atoms with Gasteiger partial charge in [0.05, 0.1) is 25.1 Å². The van der Waals surface area contributed by atoms with E-state index >= 15 is 0 Å². The van der Waals surface area contributed by atoms with Gasteiger partial charge in [0.25, 0.3) is 5.91 Å². The first-order chi connectivity index (χ1) is 16.8. The van der Waals surface area contributed by atoms with Crippen LogP contribution in [0.4, 0.5) is 16.4 Å². The van der Waals surface area contributed by atoms with Crippen molar-refractivity contribution in [1.29, 1.82) is 5.26 Å². The lowest BCUT2D eigenvalue weighted by molar-refractivity contribution is -0.122. The Morgan fingerprint density at radius 1 is 1.37 bits per heavy atom. The maximum absolute atomic E-state index is 12.8. The van der Waals surface area contributed by atoms with Gasteiger partial charge in [0.2, 0.25) is 5.54 Å². The number of imide groups is 1. The van der Waals surface area contributed by atoms with Gasteiger partial charge in [0.1, 0.15) is 17.6 Å². The first-order valence-electron chi connectivity index (χ1n) is 10.6. The molecule has 0 radical (unpaired) electrons. The number of carbonyl (C=O) groups is 2. The Morgan fingerprint density at radius 3 is 2.91 bits per heavy atom. The van der Waals surface area contributed by atoms with Crippen LogP contribution in [0, 0.1) is 29.1 Å². The van der Waals surface area contributed by atoms with Gasteiger partial charge in [-0.2, -0.15) is 5.26 Å². The van der Waals surface area contributed by atoms with Gasteiger partial charge in [-0.1, -0.05) is 11.8 Å². The summed E-state index contributed by atoms with van der Waals surface area (Å²) in [5.41, 5.74) is 5.10. The molecular weight excluding hydrogens is 450 g/mol. The number of methoxy groups -OCH3 is 1. The van der Waals surface area contributed by atoms with E-state index < -0.39 is 23.4 Å². The summed E-state index contributed by atoms with van der Waals surface area (Å²) in [6.45, 7) is -0.127. The highest BCUT2D eigenvalue weighted by atomic mass is 16.5. The second kappa shape index (κ2) is 8.08. The molecule has 35 heavy (non-hydrogen) atoms. The van der Waals surface area contributed by atoms with Crippen LogP contribution in [0.5, 0.6) is 11.6 Å². The number of anilines is 1. The van der Waals surface area contributed by atoms with E-state index in [0.717, 1.165) is 5.39 Å². The van der Waals surface area contributed by atoms with Crippen LogP contribution in [0.25, 0.3) is 10.8 Å². The van der Waals surface area contributed by atoms with Crippen LogP contribution >= 0.6 is 0 Å². The van der Waals surface area contributed by atoms with Gasteiger partial charge in [0.15, 0.2) is 11.7 Å². The molecule has 2 aliphatic heterocycles. The number of hydrogen-bond donors (Lipinski definition) is 4. The minimum atomic E-state index is -1.61. The number of nitrogen functional groups attached to an aromatic ring is 1. The average Bonchev–Trinajstić information content (AvgIpc) is 3.31. The minimum Gasteiger partial charge on any atom is -0.497 e. The van der Waals surface area contributed by atoms with E-state index in [0.29, 0.717) is 28.9 Å². The zero-order chi connectivity index (χ0) is 24.7. The van der Waals surface area contributed by atoms with Crippen molar-refractivity contribution in [2.24, 2.45) is 10.9 Å². The number of amides is 3. The molecule has 5 N–H and O–H groups in total. The minimum absolute atomic E-state index is 0.0881. The molecule has 3 aromatic rings. The zero-order valence-corrected chi connectivity index (χ0v) is 18.5. The number of aliphatic imine (C=N–C) groups is 1. The molecule has 0 saturated carbocycles. The van der Waals surface area contributed by atoms with Crippen LogP contribution < -0.4 is 21.1 Å². The van der Waals surface area contributed by atoms with Crippen LogP contribution in [-0.2, 0) is 17.8 Å². The number of aromatic hydroxyl groups is 1. The van der Waals surface area contributed by atoms with Gasteiger partial charge in [-0.15, -0.1) is 0 Å². The maximum atomic E-state index is 12.8. The molecule has 11 nitrogen and oxygen atoms in total. The fraction of sp³-hybridized carbons (Fsp3) is 0.208. The first-order valence-corrected chi connectivity index (χ1v) is 10.6. The van der Waals surface area contributed by atoms with E-state index in [9.17, 15) is 20.0 Å². The number of pyridine rings is 1. The molecule has 174 valence electrons. The highest BCUT2D eigenvalue weighted by Gasteiger charge is 2.46. The molecule has 0 aliphatic carbocycles. The van der Waals surface area contributed by atoms with E-state index in [1.807, 2.05) is 6.07 Å². The Balaban J connectivity index is 1.48. The first kappa shape index (κ1) is 21.8. The summed E-state index contributed by atoms with van der Waals surface area (Å²) in [4.78, 5) is 33.3. The van der Waals surface area contributed by atoms with Gasteiger partial charge in [0, 0.05) is 23.2 Å². The molecule has 1 saturated heterocycles. The average molecular weight is 469 g/mol. The maximum Gasteiger partial charge on any atom is 0.323 e. The molecule has 2 aliphatic rings. The second-order valence-electron chi connectivity index (χ2n) is 8.22. The number of nitrogens with zero attached hydrogens (tertiary/aromatic N) is 4. The van der Waals surface area contributed by atoms with Crippen molar-refractivity contribution < 1.29 is 19.4 Å². The molecule has 0 spiro atoms. The van der Waals surface area contributed by atoms with Crippen LogP contribution in [0.3, 0.4) is 0 Å². The van der Waals surface area contributed by atoms with Crippen molar-refractivity contribution in [2.75, 3.05) is 12.8 Å². The topological polar surface area (TPSA) is 168 Å². The van der Waals surface area contributed by atoms with Crippen molar-refractivity contribution in [3.63, 3.8) is 0 Å². The van der Waals surface area contributed by atoms with Crippen molar-refractivity contribution in [1.82, 2.24) is 20.2 Å². The molecule has 3 amide bonds. The smallest absolute Gasteiger partial charge is 0.323 e. The number of nitrogens with one attached hydrogen (secondary N) is 2.